The van der Waals surface area contributed by atoms with Gasteiger partial charge in [0.25, 0.3) is 0 Å². The number of ether oxygens (including phenoxy) is 1. The van der Waals surface area contributed by atoms with Crippen molar-refractivity contribution in [2.75, 3.05) is 26.1 Å². The van der Waals surface area contributed by atoms with Crippen LogP contribution >= 0.6 is 0 Å². The fourth-order valence-corrected chi connectivity index (χ4v) is 4.35. The number of rotatable bonds is 4. The molecule has 0 aliphatic carbocycles. The first-order valence-corrected chi connectivity index (χ1v) is 10.5. The highest BCUT2D eigenvalue weighted by Gasteiger charge is 2.26. The van der Waals surface area contributed by atoms with Crippen LogP contribution in [0.15, 0.2) is 97.1 Å². The van der Waals surface area contributed by atoms with Gasteiger partial charge in [0.2, 0.25) is 16.7 Å². The molecule has 4 aromatic carbocycles. The van der Waals surface area contributed by atoms with Gasteiger partial charge in [-0.25, -0.2) is 0 Å². The van der Waals surface area contributed by atoms with E-state index in [2.05, 4.69) is 115 Å². The summed E-state index contributed by atoms with van der Waals surface area (Å²) in [7, 11) is 5.90. The Morgan fingerprint density at radius 3 is 2.06 bits per heavy atom. The lowest BCUT2D eigenvalue weighted by atomic mass is 9.94. The third-order valence-electron chi connectivity index (χ3n) is 5.80. The van der Waals surface area contributed by atoms with Crippen molar-refractivity contribution >= 4 is 27.5 Å². The number of hydrogen-bond acceptors (Lipinski definition) is 2. The number of benzene rings is 4. The molecule has 160 valence electrons. The maximum atomic E-state index is 5.87. The predicted molar refractivity (Wildman–Crippen MR) is 129 cm³/mol. The van der Waals surface area contributed by atoms with Gasteiger partial charge in [0.15, 0.2) is 0 Å². The second-order valence-corrected chi connectivity index (χ2v) is 7.86. The summed E-state index contributed by atoms with van der Waals surface area (Å²) in [5.74, 6) is 0.875. The molecule has 0 saturated carbocycles. The van der Waals surface area contributed by atoms with E-state index in [1.54, 1.807) is 7.11 Å². The van der Waals surface area contributed by atoms with Gasteiger partial charge >= 0.3 is 0 Å². The van der Waals surface area contributed by atoms with Crippen LogP contribution in [0, 0.1) is 0 Å². The second-order valence-electron chi connectivity index (χ2n) is 7.86. The quantitative estimate of drug-likeness (QED) is 0.288. The standard InChI is InChI=1S/C28H25N2O.BrH/c1-29(2)22-17-18-23-25(19-22)30(21-13-8-5-9-14-21)24-15-10-16-26(31-3)28(24)27(23)20-11-6-4-7-12-20;/h4-19H,1-3H3;1H/q+1;/p-1. The van der Waals surface area contributed by atoms with E-state index < -0.39 is 0 Å². The van der Waals surface area contributed by atoms with Crippen LogP contribution in [-0.2, 0) is 0 Å². The van der Waals surface area contributed by atoms with E-state index in [4.69, 9.17) is 4.74 Å². The number of pyridine rings is 1. The number of fused-ring (bicyclic) bond motifs is 2. The molecule has 5 aromatic rings. The molecule has 1 heterocycles. The molecule has 32 heavy (non-hydrogen) atoms. The van der Waals surface area contributed by atoms with Crippen molar-refractivity contribution in [3.63, 3.8) is 0 Å². The molecule has 0 spiro atoms. The molecule has 0 aliphatic rings. The summed E-state index contributed by atoms with van der Waals surface area (Å²) < 4.78 is 8.21. The van der Waals surface area contributed by atoms with Crippen molar-refractivity contribution in [3.05, 3.63) is 97.1 Å². The Morgan fingerprint density at radius 1 is 0.719 bits per heavy atom. The fraction of sp³-hybridized carbons (Fsp3) is 0.107. The first-order valence-electron chi connectivity index (χ1n) is 10.5. The number of nitrogens with zero attached hydrogens (tertiary/aromatic N) is 2. The highest BCUT2D eigenvalue weighted by atomic mass is 79.9. The van der Waals surface area contributed by atoms with Crippen molar-refractivity contribution in [3.8, 4) is 22.6 Å². The number of methoxy groups -OCH3 is 1. The van der Waals surface area contributed by atoms with Gasteiger partial charge in [0.05, 0.1) is 17.9 Å². The average molecular weight is 485 g/mol. The minimum Gasteiger partial charge on any atom is -1.00 e. The molecular formula is C28H25BrN2O. The largest absolute Gasteiger partial charge is 1.00 e. The number of para-hydroxylation sites is 1. The SMILES string of the molecule is COc1cccc2c1c(-c1ccccc1)c1ccc(N(C)C)cc1[n+]2-c1ccccc1.[Br-]. The lowest BCUT2D eigenvalue weighted by Gasteiger charge is -2.17. The van der Waals surface area contributed by atoms with Crippen molar-refractivity contribution in [1.82, 2.24) is 0 Å². The molecule has 0 N–H and O–H groups in total. The highest BCUT2D eigenvalue weighted by Crippen LogP contribution is 2.40. The third kappa shape index (κ3) is 3.61. The van der Waals surface area contributed by atoms with Gasteiger partial charge in [-0.15, -0.1) is 0 Å². The zero-order valence-corrected chi connectivity index (χ0v) is 20.0. The topological polar surface area (TPSA) is 16.4 Å². The second kappa shape index (κ2) is 9.01. The Kier molecular flexibility index (Phi) is 6.15. The van der Waals surface area contributed by atoms with Crippen LogP contribution in [0.5, 0.6) is 5.75 Å². The Morgan fingerprint density at radius 2 is 1.41 bits per heavy atom. The Balaban J connectivity index is 0.00000245. The first kappa shape index (κ1) is 21.8. The smallest absolute Gasteiger partial charge is 0.223 e. The average Bonchev–Trinajstić information content (AvgIpc) is 2.82. The molecule has 0 amide bonds. The lowest BCUT2D eigenvalue weighted by molar-refractivity contribution is -0.537. The molecule has 5 rings (SSSR count). The molecule has 0 unspecified atom stereocenters. The molecule has 0 atom stereocenters. The number of anilines is 1. The lowest BCUT2D eigenvalue weighted by Crippen LogP contribution is -3.00. The molecule has 0 aliphatic heterocycles. The molecule has 0 bridgehead atoms. The third-order valence-corrected chi connectivity index (χ3v) is 5.80. The minimum absolute atomic E-state index is 0. The Hall–Kier alpha value is -3.37. The normalized spacial score (nSPS) is 10.7. The van der Waals surface area contributed by atoms with Crippen LogP contribution in [0.2, 0.25) is 0 Å². The van der Waals surface area contributed by atoms with Crippen molar-refractivity contribution in [2.24, 2.45) is 0 Å². The zero-order chi connectivity index (χ0) is 21.4. The van der Waals surface area contributed by atoms with Gasteiger partial charge in [-0.2, -0.15) is 4.57 Å². The van der Waals surface area contributed by atoms with Crippen LogP contribution in [0.25, 0.3) is 38.6 Å². The number of aromatic nitrogens is 1. The van der Waals surface area contributed by atoms with Gasteiger partial charge in [-0.05, 0) is 23.8 Å². The fourth-order valence-electron chi connectivity index (χ4n) is 4.35. The van der Waals surface area contributed by atoms with Crippen LogP contribution < -0.4 is 31.2 Å². The summed E-state index contributed by atoms with van der Waals surface area (Å²) in [5.41, 5.74) is 6.95. The summed E-state index contributed by atoms with van der Waals surface area (Å²) >= 11 is 0. The predicted octanol–water partition coefficient (Wildman–Crippen LogP) is 3.02. The van der Waals surface area contributed by atoms with E-state index in [1.165, 1.54) is 22.2 Å². The van der Waals surface area contributed by atoms with Gasteiger partial charge < -0.3 is 26.6 Å². The van der Waals surface area contributed by atoms with Gasteiger partial charge in [0.1, 0.15) is 5.75 Å². The molecule has 3 nitrogen and oxygen atoms in total. The van der Waals surface area contributed by atoms with E-state index in [0.717, 1.165) is 27.9 Å². The molecule has 0 radical (unpaired) electrons. The summed E-state index contributed by atoms with van der Waals surface area (Å²) in [6.07, 6.45) is 0. The summed E-state index contributed by atoms with van der Waals surface area (Å²) in [4.78, 5) is 2.15. The van der Waals surface area contributed by atoms with Gasteiger partial charge in [-0.3, -0.25) is 0 Å². The van der Waals surface area contributed by atoms with E-state index in [9.17, 15) is 0 Å². The van der Waals surface area contributed by atoms with Crippen LogP contribution in [-0.4, -0.2) is 21.2 Å². The molecule has 0 fully saturated rings. The summed E-state index contributed by atoms with van der Waals surface area (Å²) in [6.45, 7) is 0. The zero-order valence-electron chi connectivity index (χ0n) is 18.4. The van der Waals surface area contributed by atoms with Gasteiger partial charge in [-0.1, -0.05) is 54.6 Å². The molecule has 0 saturated heterocycles. The molecular weight excluding hydrogens is 460 g/mol. The first-order chi connectivity index (χ1) is 15.2. The van der Waals surface area contributed by atoms with E-state index in [-0.39, 0.29) is 17.0 Å². The van der Waals surface area contributed by atoms with E-state index in [0.29, 0.717) is 0 Å². The number of hydrogen-bond donors (Lipinski definition) is 0. The maximum Gasteiger partial charge on any atom is 0.223 e. The van der Waals surface area contributed by atoms with Crippen LogP contribution in [0.3, 0.4) is 0 Å². The Bertz CT molecular complexity index is 1380. The van der Waals surface area contributed by atoms with E-state index in [1.807, 2.05) is 6.07 Å². The van der Waals surface area contributed by atoms with Crippen LogP contribution in [0.1, 0.15) is 0 Å². The maximum absolute atomic E-state index is 5.87. The highest BCUT2D eigenvalue weighted by molar-refractivity contribution is 6.10. The van der Waals surface area contributed by atoms with Crippen LogP contribution in [0.4, 0.5) is 5.69 Å². The monoisotopic (exact) mass is 484 g/mol. The van der Waals surface area contributed by atoms with Crippen molar-refractivity contribution in [2.45, 2.75) is 0 Å². The van der Waals surface area contributed by atoms with Crippen molar-refractivity contribution in [1.29, 1.82) is 0 Å². The summed E-state index contributed by atoms with van der Waals surface area (Å²) in [5, 5.41) is 2.31. The molecule has 4 heteroatoms. The van der Waals surface area contributed by atoms with E-state index >= 15 is 0 Å². The Labute approximate surface area is 199 Å². The van der Waals surface area contributed by atoms with Crippen molar-refractivity contribution < 1.29 is 26.3 Å². The van der Waals surface area contributed by atoms with Gasteiger partial charge in [0, 0.05) is 49.6 Å². The minimum atomic E-state index is 0. The number of halogens is 1. The molecule has 1 aromatic heterocycles. The summed E-state index contributed by atoms with van der Waals surface area (Å²) in [6, 6.07) is 34.1.